The first-order chi connectivity index (χ1) is 11.5. The van der Waals surface area contributed by atoms with Crippen molar-refractivity contribution in [3.63, 3.8) is 0 Å². The predicted molar refractivity (Wildman–Crippen MR) is 84.5 cm³/mol. The van der Waals surface area contributed by atoms with Crippen LogP contribution in [0.4, 0.5) is 8.78 Å². The van der Waals surface area contributed by atoms with E-state index in [9.17, 15) is 17.2 Å². The van der Waals surface area contributed by atoms with Crippen molar-refractivity contribution < 1.29 is 17.2 Å². The Balaban J connectivity index is 1.64. The molecule has 0 atom stereocenters. The topological polar surface area (TPSA) is 76.9 Å². The zero-order valence-corrected chi connectivity index (χ0v) is 13.8. The minimum atomic E-state index is -4.13. The van der Waals surface area contributed by atoms with Crippen LogP contribution in [0, 0.1) is 11.6 Å². The number of thiazole rings is 1. The van der Waals surface area contributed by atoms with Gasteiger partial charge in [-0.05, 0) is 24.3 Å². The van der Waals surface area contributed by atoms with Crippen LogP contribution in [-0.2, 0) is 16.4 Å². The van der Waals surface area contributed by atoms with Crippen LogP contribution in [0.25, 0.3) is 5.13 Å². The third kappa shape index (κ3) is 3.66. The van der Waals surface area contributed by atoms with Gasteiger partial charge >= 0.3 is 0 Å². The van der Waals surface area contributed by atoms with E-state index in [1.807, 2.05) is 0 Å². The standard InChI is InChI=1S/C14H12F2N4O2S2/c15-10-2-3-12(16)13(8-10)24(21,22)18-6-4-11-9-23-14(19-11)20-7-1-5-17-20/h1-3,5,7-9,18H,4,6H2. The minimum absolute atomic E-state index is 0.0145. The average Bonchev–Trinajstić information content (AvgIpc) is 3.20. The first-order valence-corrected chi connectivity index (χ1v) is 9.21. The zero-order chi connectivity index (χ0) is 17.2. The van der Waals surface area contributed by atoms with Gasteiger partial charge in [-0.15, -0.1) is 11.3 Å². The maximum Gasteiger partial charge on any atom is 0.243 e. The number of hydrogen-bond donors (Lipinski definition) is 1. The molecule has 0 aliphatic rings. The van der Waals surface area contributed by atoms with Crippen molar-refractivity contribution >= 4 is 21.4 Å². The molecule has 0 fully saturated rings. The van der Waals surface area contributed by atoms with Gasteiger partial charge in [0.15, 0.2) is 0 Å². The molecule has 0 saturated carbocycles. The van der Waals surface area contributed by atoms with Gasteiger partial charge in [0.05, 0.1) is 5.69 Å². The highest BCUT2D eigenvalue weighted by molar-refractivity contribution is 7.89. The maximum atomic E-state index is 13.6. The van der Waals surface area contributed by atoms with Gasteiger partial charge in [-0.1, -0.05) is 0 Å². The van der Waals surface area contributed by atoms with Gasteiger partial charge in [0.25, 0.3) is 0 Å². The van der Waals surface area contributed by atoms with Crippen molar-refractivity contribution in [2.45, 2.75) is 11.3 Å². The summed E-state index contributed by atoms with van der Waals surface area (Å²) in [5, 5.41) is 6.50. The van der Waals surface area contributed by atoms with Crippen molar-refractivity contribution in [3.8, 4) is 5.13 Å². The Hall–Kier alpha value is -2.17. The summed E-state index contributed by atoms with van der Waals surface area (Å²) in [6.07, 6.45) is 3.69. The number of hydrogen-bond acceptors (Lipinski definition) is 5. The summed E-state index contributed by atoms with van der Waals surface area (Å²) in [6.45, 7) is 0.0145. The van der Waals surface area contributed by atoms with E-state index in [1.165, 1.54) is 11.3 Å². The van der Waals surface area contributed by atoms with Crippen LogP contribution in [0.1, 0.15) is 5.69 Å². The van der Waals surface area contributed by atoms with E-state index in [2.05, 4.69) is 14.8 Å². The number of nitrogens with zero attached hydrogens (tertiary/aromatic N) is 3. The lowest BCUT2D eigenvalue weighted by Gasteiger charge is -2.07. The molecule has 6 nitrogen and oxygen atoms in total. The molecule has 0 aliphatic carbocycles. The first kappa shape index (κ1) is 16.7. The molecule has 2 heterocycles. The molecule has 1 aromatic carbocycles. The van der Waals surface area contributed by atoms with Gasteiger partial charge in [-0.25, -0.2) is 31.6 Å². The van der Waals surface area contributed by atoms with Crippen LogP contribution in [0.5, 0.6) is 0 Å². The van der Waals surface area contributed by atoms with Crippen molar-refractivity contribution in [3.05, 3.63) is 59.4 Å². The quantitative estimate of drug-likeness (QED) is 0.721. The van der Waals surface area contributed by atoms with Crippen LogP contribution in [0.3, 0.4) is 0 Å². The van der Waals surface area contributed by atoms with Crippen molar-refractivity contribution in [1.29, 1.82) is 0 Å². The highest BCUT2D eigenvalue weighted by atomic mass is 32.2. The normalized spacial score (nSPS) is 11.8. The molecular weight excluding hydrogens is 358 g/mol. The Morgan fingerprint density at radius 3 is 2.88 bits per heavy atom. The number of halogens is 2. The monoisotopic (exact) mass is 370 g/mol. The highest BCUT2D eigenvalue weighted by Crippen LogP contribution is 2.16. The zero-order valence-electron chi connectivity index (χ0n) is 12.2. The summed E-state index contributed by atoms with van der Waals surface area (Å²) in [4.78, 5) is 3.62. The van der Waals surface area contributed by atoms with Gasteiger partial charge in [0.2, 0.25) is 15.2 Å². The van der Waals surface area contributed by atoms with Crippen LogP contribution in [0.2, 0.25) is 0 Å². The van der Waals surface area contributed by atoms with Crippen LogP contribution >= 0.6 is 11.3 Å². The van der Waals surface area contributed by atoms with Gasteiger partial charge in [-0.3, -0.25) is 0 Å². The minimum Gasteiger partial charge on any atom is -0.223 e. The summed E-state index contributed by atoms with van der Waals surface area (Å²) >= 11 is 1.37. The third-order valence-electron chi connectivity index (χ3n) is 3.10. The third-order valence-corrected chi connectivity index (χ3v) is 5.45. The van der Waals surface area contributed by atoms with E-state index in [-0.39, 0.29) is 6.54 Å². The molecule has 24 heavy (non-hydrogen) atoms. The molecule has 0 unspecified atom stereocenters. The lowest BCUT2D eigenvalue weighted by atomic mass is 10.3. The Morgan fingerprint density at radius 1 is 1.29 bits per heavy atom. The fraction of sp³-hybridized carbons (Fsp3) is 0.143. The predicted octanol–water partition coefficient (Wildman–Crippen LogP) is 2.13. The van der Waals surface area contributed by atoms with E-state index < -0.39 is 26.6 Å². The molecule has 3 aromatic rings. The first-order valence-electron chi connectivity index (χ1n) is 6.85. The number of aromatic nitrogens is 3. The molecule has 0 radical (unpaired) electrons. The fourth-order valence-electron chi connectivity index (χ4n) is 1.97. The van der Waals surface area contributed by atoms with Crippen LogP contribution in [-0.4, -0.2) is 29.7 Å². The highest BCUT2D eigenvalue weighted by Gasteiger charge is 2.19. The molecule has 10 heteroatoms. The lowest BCUT2D eigenvalue weighted by molar-refractivity contribution is 0.545. The van der Waals surface area contributed by atoms with Gasteiger partial charge in [0.1, 0.15) is 16.5 Å². The Morgan fingerprint density at radius 2 is 2.12 bits per heavy atom. The number of rotatable bonds is 6. The maximum absolute atomic E-state index is 13.6. The molecule has 0 amide bonds. The second-order valence-electron chi connectivity index (χ2n) is 4.79. The summed E-state index contributed by atoms with van der Waals surface area (Å²) in [5.41, 5.74) is 0.674. The van der Waals surface area contributed by atoms with Gasteiger partial charge in [-0.2, -0.15) is 5.10 Å². The van der Waals surface area contributed by atoms with Crippen molar-refractivity contribution in [2.75, 3.05) is 6.54 Å². The summed E-state index contributed by atoms with van der Waals surface area (Å²) < 4.78 is 54.6. The van der Waals surface area contributed by atoms with E-state index in [0.717, 1.165) is 12.1 Å². The molecule has 0 aliphatic heterocycles. The Kier molecular flexibility index (Phi) is 4.69. The second kappa shape index (κ2) is 6.75. The SMILES string of the molecule is O=S(=O)(NCCc1csc(-n2cccn2)n1)c1cc(F)ccc1F. The molecule has 1 N–H and O–H groups in total. The summed E-state index contributed by atoms with van der Waals surface area (Å²) in [5.74, 6) is -1.82. The van der Waals surface area contributed by atoms with Crippen LogP contribution < -0.4 is 4.72 Å². The fourth-order valence-corrected chi connectivity index (χ4v) is 3.89. The Bertz CT molecular complexity index is 940. The van der Waals surface area contributed by atoms with Crippen LogP contribution in [0.15, 0.2) is 46.9 Å². The molecule has 3 rings (SSSR count). The Labute approximate surface area is 140 Å². The average molecular weight is 370 g/mol. The molecule has 0 spiro atoms. The van der Waals surface area contributed by atoms with Crippen molar-refractivity contribution in [2.24, 2.45) is 0 Å². The molecule has 126 valence electrons. The van der Waals surface area contributed by atoms with E-state index in [1.54, 1.807) is 28.5 Å². The van der Waals surface area contributed by atoms with Crippen molar-refractivity contribution in [1.82, 2.24) is 19.5 Å². The molecular formula is C14H12F2N4O2S2. The number of sulfonamides is 1. The van der Waals surface area contributed by atoms with E-state index in [4.69, 9.17) is 0 Å². The molecule has 0 saturated heterocycles. The van der Waals surface area contributed by atoms with E-state index >= 15 is 0 Å². The number of nitrogens with one attached hydrogen (secondary N) is 1. The largest absolute Gasteiger partial charge is 0.243 e. The van der Waals surface area contributed by atoms with Gasteiger partial charge in [0, 0.05) is 30.7 Å². The molecule has 0 bridgehead atoms. The summed E-state index contributed by atoms with van der Waals surface area (Å²) in [6, 6.07) is 4.06. The number of benzene rings is 1. The molecule has 2 aromatic heterocycles. The second-order valence-corrected chi connectivity index (χ2v) is 7.37. The lowest BCUT2D eigenvalue weighted by Crippen LogP contribution is -2.27. The summed E-state index contributed by atoms with van der Waals surface area (Å²) in [7, 11) is -4.13. The smallest absolute Gasteiger partial charge is 0.223 e. The van der Waals surface area contributed by atoms with Gasteiger partial charge < -0.3 is 0 Å². The van der Waals surface area contributed by atoms with E-state index in [0.29, 0.717) is 23.3 Å².